The van der Waals surface area contributed by atoms with Crippen molar-refractivity contribution < 1.29 is 14.0 Å². The molecule has 2 fully saturated rings. The van der Waals surface area contributed by atoms with Crippen LogP contribution in [0.15, 0.2) is 4.42 Å². The normalized spacial score (nSPS) is 22.3. The second-order valence-corrected chi connectivity index (χ2v) is 6.05. The lowest BCUT2D eigenvalue weighted by Gasteiger charge is -2.34. The number of aromatic nitrogens is 2. The first-order chi connectivity index (χ1) is 10.5. The van der Waals surface area contributed by atoms with E-state index in [1.54, 1.807) is 4.90 Å². The number of anilines is 1. The molecule has 22 heavy (non-hydrogen) atoms. The summed E-state index contributed by atoms with van der Waals surface area (Å²) in [5.41, 5.74) is 0. The van der Waals surface area contributed by atoms with Crippen molar-refractivity contribution in [2.45, 2.75) is 38.6 Å². The highest BCUT2D eigenvalue weighted by atomic mass is 16.4. The van der Waals surface area contributed by atoms with Crippen LogP contribution in [0.1, 0.15) is 38.5 Å². The Hall–Kier alpha value is -2.12. The molecule has 1 N–H and O–H groups in total. The molecule has 0 saturated carbocycles. The first-order valence-electron chi connectivity index (χ1n) is 7.71. The van der Waals surface area contributed by atoms with E-state index in [4.69, 9.17) is 4.42 Å². The summed E-state index contributed by atoms with van der Waals surface area (Å²) in [5.74, 6) is 0.806. The Bertz CT molecular complexity index is 563. The monoisotopic (exact) mass is 307 g/mol. The fraction of sp³-hybridized carbons (Fsp3) is 0.714. The average Bonchev–Trinajstić information content (AvgIpc) is 3.16. The third-order valence-corrected chi connectivity index (χ3v) is 4.08. The van der Waals surface area contributed by atoms with Gasteiger partial charge in [-0.05, 0) is 6.42 Å². The molecule has 1 aromatic rings. The lowest BCUT2D eigenvalue weighted by atomic mass is 10.2. The Labute approximate surface area is 128 Å². The number of piperazine rings is 1. The van der Waals surface area contributed by atoms with Crippen molar-refractivity contribution in [2.75, 3.05) is 31.1 Å². The Balaban J connectivity index is 1.55. The van der Waals surface area contributed by atoms with Gasteiger partial charge in [0.1, 0.15) is 6.04 Å². The topological polar surface area (TPSA) is 91.6 Å². The van der Waals surface area contributed by atoms with E-state index < -0.39 is 0 Å². The van der Waals surface area contributed by atoms with Gasteiger partial charge in [0, 0.05) is 38.5 Å². The van der Waals surface area contributed by atoms with Gasteiger partial charge in [0.2, 0.25) is 17.7 Å². The maximum absolute atomic E-state index is 12.3. The molecule has 0 aromatic carbocycles. The van der Waals surface area contributed by atoms with E-state index in [1.165, 1.54) is 0 Å². The van der Waals surface area contributed by atoms with Gasteiger partial charge in [-0.25, -0.2) is 0 Å². The maximum atomic E-state index is 12.3. The van der Waals surface area contributed by atoms with Crippen LogP contribution in [0.5, 0.6) is 0 Å². The molecule has 3 rings (SSSR count). The second kappa shape index (κ2) is 5.94. The largest absolute Gasteiger partial charge is 0.408 e. The third kappa shape index (κ3) is 2.90. The van der Waals surface area contributed by atoms with E-state index in [-0.39, 0.29) is 23.8 Å². The van der Waals surface area contributed by atoms with Crippen LogP contribution in [0, 0.1) is 0 Å². The molecule has 1 unspecified atom stereocenters. The molecular weight excluding hydrogens is 286 g/mol. The molecule has 0 bridgehead atoms. The summed E-state index contributed by atoms with van der Waals surface area (Å²) in [6, 6.07) is 0.167. The number of hydrogen-bond acceptors (Lipinski definition) is 6. The zero-order chi connectivity index (χ0) is 15.7. The van der Waals surface area contributed by atoms with E-state index in [2.05, 4.69) is 15.5 Å². The Kier molecular flexibility index (Phi) is 4.00. The van der Waals surface area contributed by atoms with E-state index in [9.17, 15) is 9.59 Å². The Morgan fingerprint density at radius 2 is 2.00 bits per heavy atom. The zero-order valence-corrected chi connectivity index (χ0v) is 12.9. The van der Waals surface area contributed by atoms with Crippen LogP contribution in [0.4, 0.5) is 6.01 Å². The Morgan fingerprint density at radius 1 is 1.27 bits per heavy atom. The van der Waals surface area contributed by atoms with Crippen LogP contribution in [0.3, 0.4) is 0 Å². The van der Waals surface area contributed by atoms with Gasteiger partial charge in [-0.1, -0.05) is 18.9 Å². The van der Waals surface area contributed by atoms with E-state index in [0.29, 0.717) is 50.9 Å². The summed E-state index contributed by atoms with van der Waals surface area (Å²) in [6.45, 7) is 6.53. The number of rotatable bonds is 3. The fourth-order valence-electron chi connectivity index (χ4n) is 2.73. The van der Waals surface area contributed by atoms with Crippen LogP contribution in [-0.4, -0.2) is 59.1 Å². The predicted molar refractivity (Wildman–Crippen MR) is 78.3 cm³/mol. The number of hydrogen-bond donors (Lipinski definition) is 1. The number of nitrogens with one attached hydrogen (secondary N) is 1. The van der Waals surface area contributed by atoms with Crippen molar-refractivity contribution in [3.8, 4) is 0 Å². The van der Waals surface area contributed by atoms with Crippen molar-refractivity contribution >= 4 is 17.8 Å². The lowest BCUT2D eigenvalue weighted by Crippen LogP contribution is -2.53. The number of carbonyl (C=O) groups is 2. The first kappa shape index (κ1) is 14.8. The molecule has 1 atom stereocenters. The van der Waals surface area contributed by atoms with E-state index in [0.717, 1.165) is 0 Å². The molecule has 2 aliphatic rings. The van der Waals surface area contributed by atoms with Crippen molar-refractivity contribution in [1.29, 1.82) is 0 Å². The first-order valence-corrected chi connectivity index (χ1v) is 7.71. The van der Waals surface area contributed by atoms with Crippen LogP contribution in [0.2, 0.25) is 0 Å². The minimum atomic E-state index is -0.352. The summed E-state index contributed by atoms with van der Waals surface area (Å²) in [7, 11) is 0. The zero-order valence-electron chi connectivity index (χ0n) is 12.9. The summed E-state index contributed by atoms with van der Waals surface area (Å²) < 4.78 is 5.64. The summed E-state index contributed by atoms with van der Waals surface area (Å²) in [6.07, 6.45) is 1.04. The van der Waals surface area contributed by atoms with Gasteiger partial charge in [0.25, 0.3) is 0 Å². The fourth-order valence-corrected chi connectivity index (χ4v) is 2.73. The standard InChI is InChI=1S/C14H21N5O3/c1-9(2)12-16-17-14(22-12)19-7-5-18(6-8-19)13(21)10-3-4-11(20)15-10/h9-10H,3-8H2,1-2H3,(H,15,20). The molecule has 0 aliphatic carbocycles. The molecule has 120 valence electrons. The molecule has 3 heterocycles. The summed E-state index contributed by atoms with van der Waals surface area (Å²) in [5, 5.41) is 10.8. The third-order valence-electron chi connectivity index (χ3n) is 4.08. The van der Waals surface area contributed by atoms with Gasteiger partial charge < -0.3 is 19.5 Å². The highest BCUT2D eigenvalue weighted by Gasteiger charge is 2.33. The van der Waals surface area contributed by atoms with Crippen molar-refractivity contribution in [3.63, 3.8) is 0 Å². The highest BCUT2D eigenvalue weighted by molar-refractivity contribution is 5.90. The van der Waals surface area contributed by atoms with Crippen LogP contribution >= 0.6 is 0 Å². The molecule has 2 saturated heterocycles. The minimum Gasteiger partial charge on any atom is -0.408 e. The summed E-state index contributed by atoms with van der Waals surface area (Å²) >= 11 is 0. The van der Waals surface area contributed by atoms with Crippen LogP contribution in [-0.2, 0) is 9.59 Å². The molecule has 0 spiro atoms. The predicted octanol–water partition coefficient (Wildman–Crippen LogP) is 0.120. The quantitative estimate of drug-likeness (QED) is 0.853. The maximum Gasteiger partial charge on any atom is 0.318 e. The highest BCUT2D eigenvalue weighted by Crippen LogP contribution is 2.20. The molecule has 1 aromatic heterocycles. The number of amides is 2. The molecule has 2 amide bonds. The van der Waals surface area contributed by atoms with Gasteiger partial charge in [-0.15, -0.1) is 5.10 Å². The van der Waals surface area contributed by atoms with E-state index >= 15 is 0 Å². The van der Waals surface area contributed by atoms with Crippen molar-refractivity contribution in [3.05, 3.63) is 5.89 Å². The van der Waals surface area contributed by atoms with Crippen molar-refractivity contribution in [2.24, 2.45) is 0 Å². The Morgan fingerprint density at radius 3 is 2.55 bits per heavy atom. The van der Waals surface area contributed by atoms with Gasteiger partial charge >= 0.3 is 6.01 Å². The smallest absolute Gasteiger partial charge is 0.318 e. The van der Waals surface area contributed by atoms with E-state index in [1.807, 2.05) is 18.7 Å². The molecule has 0 radical (unpaired) electrons. The summed E-state index contributed by atoms with van der Waals surface area (Å²) in [4.78, 5) is 27.3. The van der Waals surface area contributed by atoms with Crippen LogP contribution in [0.25, 0.3) is 0 Å². The molecule has 8 heteroatoms. The minimum absolute atomic E-state index is 0.0129. The number of carbonyl (C=O) groups excluding carboxylic acids is 2. The lowest BCUT2D eigenvalue weighted by molar-refractivity contribution is -0.134. The van der Waals surface area contributed by atoms with Gasteiger partial charge in [0.15, 0.2) is 0 Å². The SMILES string of the molecule is CC(C)c1nnc(N2CCN(C(=O)C3CCC(=O)N3)CC2)o1. The van der Waals surface area contributed by atoms with Crippen LogP contribution < -0.4 is 10.2 Å². The van der Waals surface area contributed by atoms with Gasteiger partial charge in [-0.2, -0.15) is 0 Å². The second-order valence-electron chi connectivity index (χ2n) is 6.05. The molecular formula is C14H21N5O3. The van der Waals surface area contributed by atoms with Crippen molar-refractivity contribution in [1.82, 2.24) is 20.4 Å². The molecule has 8 nitrogen and oxygen atoms in total. The number of nitrogens with zero attached hydrogens (tertiary/aromatic N) is 4. The van der Waals surface area contributed by atoms with Gasteiger partial charge in [-0.3, -0.25) is 9.59 Å². The molecule has 2 aliphatic heterocycles. The average molecular weight is 307 g/mol. The van der Waals surface area contributed by atoms with Gasteiger partial charge in [0.05, 0.1) is 0 Å².